The Morgan fingerprint density at radius 1 is 0.471 bits per heavy atom. The second-order valence-corrected chi connectivity index (χ2v) is 14.2. The molecular weight excluding hydrogens is 446 g/mol. The van der Waals surface area contributed by atoms with E-state index in [1.54, 1.807) is 0 Å². The summed E-state index contributed by atoms with van der Waals surface area (Å²) in [5, 5.41) is 5.98. The first kappa shape index (κ1) is 24.9. The van der Waals surface area contributed by atoms with Crippen molar-refractivity contribution >= 4 is 37.1 Å². The minimum atomic E-state index is -0.448. The van der Waals surface area contributed by atoms with Crippen LogP contribution in [0.3, 0.4) is 0 Å². The Labute approximate surface area is 209 Å². The molecule has 2 atom stereocenters. The van der Waals surface area contributed by atoms with Crippen molar-refractivity contribution in [3.05, 3.63) is 121 Å². The molecule has 0 spiro atoms. The first-order valence-corrected chi connectivity index (χ1v) is 15.3. The van der Waals surface area contributed by atoms with E-state index in [-0.39, 0.29) is 0 Å². The van der Waals surface area contributed by atoms with Gasteiger partial charge in [-0.2, -0.15) is 0 Å². The number of hydrogen-bond acceptors (Lipinski definition) is 0. The second kappa shape index (κ2) is 12.4. The Kier molecular flexibility index (Phi) is 9.10. The molecule has 0 aliphatic carbocycles. The summed E-state index contributed by atoms with van der Waals surface area (Å²) in [6.45, 7) is 7.42. The van der Waals surface area contributed by atoms with Gasteiger partial charge in [-0.1, -0.05) is 149 Å². The Bertz CT molecular complexity index is 929. The van der Waals surface area contributed by atoms with E-state index in [4.69, 9.17) is 0 Å². The molecule has 0 aromatic heterocycles. The summed E-state index contributed by atoms with van der Waals surface area (Å²) in [4.78, 5) is 0. The van der Waals surface area contributed by atoms with Gasteiger partial charge in [0.15, 0.2) is 0 Å². The van der Waals surface area contributed by atoms with E-state index in [2.05, 4.69) is 142 Å². The van der Waals surface area contributed by atoms with Gasteiger partial charge in [0, 0.05) is 0 Å². The van der Waals surface area contributed by atoms with Crippen molar-refractivity contribution in [3.8, 4) is 0 Å². The number of hydrogen-bond donors (Lipinski definition) is 0. The van der Waals surface area contributed by atoms with Gasteiger partial charge in [-0.15, -0.1) is 0 Å². The summed E-state index contributed by atoms with van der Waals surface area (Å²) in [7, 11) is -0.895. The van der Waals surface area contributed by atoms with Crippen molar-refractivity contribution in [2.24, 2.45) is 5.92 Å². The molecule has 0 bridgehead atoms. The molecule has 34 heavy (non-hydrogen) atoms. The molecule has 0 aliphatic heterocycles. The van der Waals surface area contributed by atoms with Crippen LogP contribution in [0.15, 0.2) is 121 Å². The fourth-order valence-corrected chi connectivity index (χ4v) is 11.4. The Morgan fingerprint density at radius 3 is 0.971 bits per heavy atom. The quantitative estimate of drug-likeness (QED) is 0.206. The number of benzene rings is 4. The molecule has 4 aromatic carbocycles. The third-order valence-corrected chi connectivity index (χ3v) is 12.6. The van der Waals surface area contributed by atoms with Crippen LogP contribution in [0.25, 0.3) is 0 Å². The standard InChI is InChI=1S/C32H36P2/c1-4-17-32(26(2)33(28-18-9-5-10-19-28)29-20-11-6-12-21-29)27(3)34(30-22-13-7-14-23-30)31-24-15-8-16-25-31/h5-16,18-27,32H,4,17H2,1-3H3. The first-order valence-electron chi connectivity index (χ1n) is 12.5. The molecule has 0 N–H and O–H groups in total. The molecule has 0 amide bonds. The van der Waals surface area contributed by atoms with Crippen LogP contribution in [-0.4, -0.2) is 11.3 Å². The highest BCUT2D eigenvalue weighted by Gasteiger charge is 2.35. The van der Waals surface area contributed by atoms with Crippen LogP contribution < -0.4 is 21.2 Å². The largest absolute Gasteiger partial charge is 0.0654 e. The fourth-order valence-electron chi connectivity index (χ4n) is 5.19. The van der Waals surface area contributed by atoms with Gasteiger partial charge >= 0.3 is 0 Å². The van der Waals surface area contributed by atoms with Crippen LogP contribution in [0, 0.1) is 5.92 Å². The van der Waals surface area contributed by atoms with Gasteiger partial charge < -0.3 is 0 Å². The summed E-state index contributed by atoms with van der Waals surface area (Å²) in [6, 6.07) is 45.0. The molecule has 2 unspecified atom stereocenters. The molecule has 0 radical (unpaired) electrons. The molecule has 0 saturated carbocycles. The average molecular weight is 483 g/mol. The molecule has 2 heteroatoms. The average Bonchev–Trinajstić information content (AvgIpc) is 2.90. The minimum Gasteiger partial charge on any atom is -0.0654 e. The zero-order chi connectivity index (χ0) is 23.8. The summed E-state index contributed by atoms with van der Waals surface area (Å²) in [5.74, 6) is 0.642. The third kappa shape index (κ3) is 5.86. The lowest BCUT2D eigenvalue weighted by atomic mass is 9.97. The molecule has 0 saturated heterocycles. The van der Waals surface area contributed by atoms with Crippen LogP contribution in [0.4, 0.5) is 0 Å². The molecular formula is C32H36P2. The number of rotatable bonds is 10. The van der Waals surface area contributed by atoms with Crippen LogP contribution in [0.2, 0.25) is 0 Å². The maximum atomic E-state index is 2.53. The molecule has 4 rings (SSSR count). The molecule has 174 valence electrons. The Balaban J connectivity index is 1.76. The van der Waals surface area contributed by atoms with Gasteiger partial charge in [0.05, 0.1) is 0 Å². The molecule has 0 aliphatic rings. The summed E-state index contributed by atoms with van der Waals surface area (Å²) >= 11 is 0. The Hall–Kier alpha value is -2.26. The second-order valence-electron chi connectivity index (χ2n) is 9.02. The van der Waals surface area contributed by atoms with Crippen molar-refractivity contribution in [2.75, 3.05) is 0 Å². The molecule has 0 fully saturated rings. The summed E-state index contributed by atoms with van der Waals surface area (Å²) in [5.41, 5.74) is 1.18. The van der Waals surface area contributed by atoms with Crippen molar-refractivity contribution < 1.29 is 0 Å². The molecule has 0 heterocycles. The van der Waals surface area contributed by atoms with Gasteiger partial charge in [-0.3, -0.25) is 0 Å². The zero-order valence-electron chi connectivity index (χ0n) is 20.6. The predicted molar refractivity (Wildman–Crippen MR) is 155 cm³/mol. The van der Waals surface area contributed by atoms with Gasteiger partial charge in [0.25, 0.3) is 0 Å². The normalized spacial score (nSPS) is 14.1. The lowest BCUT2D eigenvalue weighted by molar-refractivity contribution is 0.467. The van der Waals surface area contributed by atoms with Crippen LogP contribution >= 0.6 is 15.8 Å². The highest BCUT2D eigenvalue weighted by molar-refractivity contribution is 7.74. The van der Waals surface area contributed by atoms with Crippen molar-refractivity contribution in [1.82, 2.24) is 0 Å². The smallest absolute Gasteiger partial charge is 0.0123 e. The SMILES string of the molecule is CCCC(C(C)P(c1ccccc1)c1ccccc1)C(C)P(c1ccccc1)c1ccccc1. The summed E-state index contributed by atoms with van der Waals surface area (Å²) in [6.07, 6.45) is 2.48. The highest BCUT2D eigenvalue weighted by atomic mass is 31.1. The summed E-state index contributed by atoms with van der Waals surface area (Å²) < 4.78 is 0. The third-order valence-electron chi connectivity index (χ3n) is 6.81. The van der Waals surface area contributed by atoms with E-state index in [1.807, 2.05) is 0 Å². The maximum Gasteiger partial charge on any atom is -0.0123 e. The lowest BCUT2D eigenvalue weighted by Crippen LogP contribution is -2.34. The zero-order valence-corrected chi connectivity index (χ0v) is 22.4. The van der Waals surface area contributed by atoms with E-state index in [1.165, 1.54) is 34.1 Å². The predicted octanol–water partition coefficient (Wildman–Crippen LogP) is 7.45. The topological polar surface area (TPSA) is 0 Å². The van der Waals surface area contributed by atoms with Crippen molar-refractivity contribution in [3.63, 3.8) is 0 Å². The van der Waals surface area contributed by atoms with E-state index < -0.39 is 15.8 Å². The first-order chi connectivity index (χ1) is 16.7. The molecule has 0 nitrogen and oxygen atoms in total. The van der Waals surface area contributed by atoms with Gasteiger partial charge in [0.2, 0.25) is 0 Å². The van der Waals surface area contributed by atoms with E-state index >= 15 is 0 Å². The van der Waals surface area contributed by atoms with Crippen LogP contribution in [0.1, 0.15) is 33.6 Å². The van der Waals surface area contributed by atoms with Crippen molar-refractivity contribution in [2.45, 2.75) is 44.9 Å². The lowest BCUT2D eigenvalue weighted by Gasteiger charge is -2.39. The molecule has 4 aromatic rings. The van der Waals surface area contributed by atoms with E-state index in [0.29, 0.717) is 17.2 Å². The van der Waals surface area contributed by atoms with Crippen LogP contribution in [0.5, 0.6) is 0 Å². The fraction of sp³-hybridized carbons (Fsp3) is 0.250. The van der Waals surface area contributed by atoms with Gasteiger partial charge in [-0.25, -0.2) is 0 Å². The van der Waals surface area contributed by atoms with Gasteiger partial charge in [0.1, 0.15) is 0 Å². The minimum absolute atomic E-state index is 0.448. The monoisotopic (exact) mass is 482 g/mol. The van der Waals surface area contributed by atoms with Crippen molar-refractivity contribution in [1.29, 1.82) is 0 Å². The highest BCUT2D eigenvalue weighted by Crippen LogP contribution is 2.52. The maximum absolute atomic E-state index is 2.53. The van der Waals surface area contributed by atoms with Crippen LogP contribution in [-0.2, 0) is 0 Å². The Morgan fingerprint density at radius 2 is 0.735 bits per heavy atom. The van der Waals surface area contributed by atoms with E-state index in [0.717, 1.165) is 0 Å². The van der Waals surface area contributed by atoms with E-state index in [9.17, 15) is 0 Å². The van der Waals surface area contributed by atoms with Gasteiger partial charge in [-0.05, 0) is 60.7 Å².